The van der Waals surface area contributed by atoms with Crippen LogP contribution in [-0.4, -0.2) is 54.3 Å². The molecule has 33 heavy (non-hydrogen) atoms. The lowest BCUT2D eigenvalue weighted by Gasteiger charge is -2.22. The van der Waals surface area contributed by atoms with Crippen LogP contribution in [0.2, 0.25) is 0 Å². The maximum absolute atomic E-state index is 13.5. The van der Waals surface area contributed by atoms with Gasteiger partial charge in [-0.2, -0.15) is 0 Å². The number of hydrogen-bond donors (Lipinski definition) is 1. The quantitative estimate of drug-likeness (QED) is 0.608. The van der Waals surface area contributed by atoms with E-state index in [0.29, 0.717) is 43.2 Å². The number of anilines is 1. The monoisotopic (exact) mass is 447 g/mol. The largest absolute Gasteiger partial charge is 0.457 e. The van der Waals surface area contributed by atoms with Crippen molar-refractivity contribution in [1.29, 1.82) is 0 Å². The highest BCUT2D eigenvalue weighted by Gasteiger charge is 2.21. The Balaban J connectivity index is 1.29. The topological polar surface area (TPSA) is 61.9 Å². The Morgan fingerprint density at radius 1 is 0.848 bits per heavy atom. The molecule has 2 amide bonds. The van der Waals surface area contributed by atoms with Gasteiger partial charge in [0.1, 0.15) is 17.3 Å². The van der Waals surface area contributed by atoms with Crippen molar-refractivity contribution in [3.63, 3.8) is 0 Å². The number of carbonyl (C=O) groups is 2. The molecule has 1 aliphatic heterocycles. The molecular weight excluding hydrogens is 421 g/mol. The molecule has 0 spiro atoms. The zero-order chi connectivity index (χ0) is 23.0. The van der Waals surface area contributed by atoms with Crippen molar-refractivity contribution >= 4 is 17.5 Å². The van der Waals surface area contributed by atoms with Gasteiger partial charge in [0, 0.05) is 43.5 Å². The average Bonchev–Trinajstić information content (AvgIpc) is 3.05. The highest BCUT2D eigenvalue weighted by atomic mass is 19.1. The molecule has 6 nitrogen and oxygen atoms in total. The number of nitrogens with one attached hydrogen (secondary N) is 1. The fraction of sp³-hybridized carbons (Fsp3) is 0.231. The lowest BCUT2D eigenvalue weighted by Crippen LogP contribution is -2.38. The third kappa shape index (κ3) is 6.40. The molecule has 4 rings (SSSR count). The van der Waals surface area contributed by atoms with Crippen LogP contribution in [0.25, 0.3) is 0 Å². The van der Waals surface area contributed by atoms with Gasteiger partial charge in [-0.15, -0.1) is 0 Å². The third-order valence-electron chi connectivity index (χ3n) is 5.41. The summed E-state index contributed by atoms with van der Waals surface area (Å²) in [5.41, 5.74) is 1.00. The molecule has 0 bridgehead atoms. The first-order valence-electron chi connectivity index (χ1n) is 11.0. The second-order valence-electron chi connectivity index (χ2n) is 7.92. The summed E-state index contributed by atoms with van der Waals surface area (Å²) in [5, 5.41) is 2.92. The Hall–Kier alpha value is -3.71. The molecule has 1 N–H and O–H groups in total. The Kier molecular flexibility index (Phi) is 7.32. The van der Waals surface area contributed by atoms with Gasteiger partial charge in [-0.3, -0.25) is 14.5 Å². The fourth-order valence-corrected chi connectivity index (χ4v) is 3.80. The van der Waals surface area contributed by atoms with Crippen molar-refractivity contribution in [2.24, 2.45) is 0 Å². The molecule has 170 valence electrons. The van der Waals surface area contributed by atoms with Gasteiger partial charge in [-0.25, -0.2) is 4.39 Å². The van der Waals surface area contributed by atoms with Crippen molar-refractivity contribution in [3.05, 3.63) is 90.2 Å². The van der Waals surface area contributed by atoms with Crippen molar-refractivity contribution in [2.45, 2.75) is 6.42 Å². The highest BCUT2D eigenvalue weighted by Crippen LogP contribution is 2.23. The van der Waals surface area contributed by atoms with E-state index in [0.717, 1.165) is 12.2 Å². The van der Waals surface area contributed by atoms with Gasteiger partial charge in [-0.1, -0.05) is 30.3 Å². The first kappa shape index (κ1) is 22.5. The molecule has 0 aliphatic carbocycles. The standard InChI is InChI=1S/C26H26FN3O3/c27-21-8-4-7-20(17-21)26(32)30-14-6-13-29(15-16-30)19-25(31)28-22-9-5-12-24(18-22)33-23-10-2-1-3-11-23/h1-5,7-12,17-18H,6,13-16,19H2,(H,28,31). The molecule has 0 aromatic heterocycles. The van der Waals surface area contributed by atoms with E-state index < -0.39 is 5.82 Å². The van der Waals surface area contributed by atoms with Crippen LogP contribution in [0.5, 0.6) is 11.5 Å². The van der Waals surface area contributed by atoms with Crippen LogP contribution >= 0.6 is 0 Å². The summed E-state index contributed by atoms with van der Waals surface area (Å²) in [5.74, 6) is 0.628. The predicted molar refractivity (Wildman–Crippen MR) is 125 cm³/mol. The van der Waals surface area contributed by atoms with Gasteiger partial charge < -0.3 is 15.0 Å². The van der Waals surface area contributed by atoms with E-state index in [-0.39, 0.29) is 18.4 Å². The van der Waals surface area contributed by atoms with Gasteiger partial charge in [0.2, 0.25) is 5.91 Å². The highest BCUT2D eigenvalue weighted by molar-refractivity contribution is 5.94. The molecule has 0 radical (unpaired) electrons. The molecule has 0 unspecified atom stereocenters. The molecule has 1 aliphatic rings. The van der Waals surface area contributed by atoms with Crippen LogP contribution in [0.1, 0.15) is 16.8 Å². The Labute approximate surface area is 192 Å². The Morgan fingerprint density at radius 2 is 1.64 bits per heavy atom. The SMILES string of the molecule is O=C(CN1CCCN(C(=O)c2cccc(F)c2)CC1)Nc1cccc(Oc2ccccc2)c1. The zero-order valence-corrected chi connectivity index (χ0v) is 18.2. The van der Waals surface area contributed by atoms with Crippen molar-refractivity contribution < 1.29 is 18.7 Å². The number of nitrogens with zero attached hydrogens (tertiary/aromatic N) is 2. The fourth-order valence-electron chi connectivity index (χ4n) is 3.80. The minimum Gasteiger partial charge on any atom is -0.457 e. The molecule has 1 fully saturated rings. The third-order valence-corrected chi connectivity index (χ3v) is 5.41. The smallest absolute Gasteiger partial charge is 0.254 e. The average molecular weight is 448 g/mol. The Bertz CT molecular complexity index is 1110. The molecule has 0 saturated carbocycles. The van der Waals surface area contributed by atoms with Crippen LogP contribution in [0.15, 0.2) is 78.9 Å². The summed E-state index contributed by atoms with van der Waals surface area (Å²) in [6.45, 7) is 2.57. The van der Waals surface area contributed by atoms with E-state index in [2.05, 4.69) is 5.32 Å². The molecule has 1 saturated heterocycles. The lowest BCUT2D eigenvalue weighted by atomic mass is 10.2. The zero-order valence-electron chi connectivity index (χ0n) is 18.2. The van der Waals surface area contributed by atoms with E-state index in [1.807, 2.05) is 53.4 Å². The number of rotatable bonds is 6. The summed E-state index contributed by atoms with van der Waals surface area (Å²) in [4.78, 5) is 29.1. The number of carbonyl (C=O) groups excluding carboxylic acids is 2. The van der Waals surface area contributed by atoms with E-state index in [1.54, 1.807) is 17.0 Å². The number of benzene rings is 3. The maximum Gasteiger partial charge on any atom is 0.254 e. The lowest BCUT2D eigenvalue weighted by molar-refractivity contribution is -0.117. The van der Waals surface area contributed by atoms with Crippen LogP contribution in [-0.2, 0) is 4.79 Å². The number of ether oxygens (including phenoxy) is 1. The maximum atomic E-state index is 13.5. The number of amides is 2. The van der Waals surface area contributed by atoms with E-state index in [9.17, 15) is 14.0 Å². The first-order chi connectivity index (χ1) is 16.1. The van der Waals surface area contributed by atoms with Gasteiger partial charge in [0.15, 0.2) is 0 Å². The van der Waals surface area contributed by atoms with E-state index in [1.165, 1.54) is 18.2 Å². The predicted octanol–water partition coefficient (Wildman–Crippen LogP) is 4.40. The Morgan fingerprint density at radius 3 is 2.45 bits per heavy atom. The number of para-hydroxylation sites is 1. The van der Waals surface area contributed by atoms with E-state index in [4.69, 9.17) is 4.74 Å². The molecule has 7 heteroatoms. The summed E-state index contributed by atoms with van der Waals surface area (Å²) in [6, 6.07) is 22.5. The minimum atomic E-state index is -0.424. The molecular formula is C26H26FN3O3. The molecule has 1 heterocycles. The summed E-state index contributed by atoms with van der Waals surface area (Å²) in [7, 11) is 0. The van der Waals surface area contributed by atoms with Crippen molar-refractivity contribution in [2.75, 3.05) is 38.0 Å². The molecule has 3 aromatic carbocycles. The first-order valence-corrected chi connectivity index (χ1v) is 11.0. The van der Waals surface area contributed by atoms with Gasteiger partial charge in [0.25, 0.3) is 5.91 Å². The van der Waals surface area contributed by atoms with Crippen LogP contribution in [0.4, 0.5) is 10.1 Å². The minimum absolute atomic E-state index is 0.128. The summed E-state index contributed by atoms with van der Waals surface area (Å²) < 4.78 is 19.3. The molecule has 3 aromatic rings. The van der Waals surface area contributed by atoms with Gasteiger partial charge in [-0.05, 0) is 48.9 Å². The van der Waals surface area contributed by atoms with Crippen LogP contribution in [0.3, 0.4) is 0 Å². The second kappa shape index (κ2) is 10.7. The second-order valence-corrected chi connectivity index (χ2v) is 7.92. The summed E-state index contributed by atoms with van der Waals surface area (Å²) >= 11 is 0. The normalized spacial score (nSPS) is 14.4. The van der Waals surface area contributed by atoms with E-state index >= 15 is 0 Å². The van der Waals surface area contributed by atoms with Gasteiger partial charge in [0.05, 0.1) is 6.54 Å². The number of hydrogen-bond acceptors (Lipinski definition) is 4. The van der Waals surface area contributed by atoms with Crippen molar-refractivity contribution in [1.82, 2.24) is 9.80 Å². The van der Waals surface area contributed by atoms with Crippen molar-refractivity contribution in [3.8, 4) is 11.5 Å². The number of halogens is 1. The van der Waals surface area contributed by atoms with Crippen LogP contribution in [0, 0.1) is 5.82 Å². The molecule has 0 atom stereocenters. The van der Waals surface area contributed by atoms with Gasteiger partial charge >= 0.3 is 0 Å². The summed E-state index contributed by atoms with van der Waals surface area (Å²) in [6.07, 6.45) is 0.745. The van der Waals surface area contributed by atoms with Crippen LogP contribution < -0.4 is 10.1 Å².